The Labute approximate surface area is 116 Å². The van der Waals surface area contributed by atoms with E-state index in [1.807, 2.05) is 0 Å². The molecule has 0 spiro atoms. The maximum atomic E-state index is 5.91. The van der Waals surface area contributed by atoms with E-state index in [0.29, 0.717) is 12.5 Å². The second-order valence-electron chi connectivity index (χ2n) is 5.46. The van der Waals surface area contributed by atoms with Crippen molar-refractivity contribution < 1.29 is 4.74 Å². The van der Waals surface area contributed by atoms with E-state index in [9.17, 15) is 0 Å². The molecule has 1 nitrogen and oxygen atoms in total. The fourth-order valence-electron chi connectivity index (χ4n) is 2.16. The predicted octanol–water partition coefficient (Wildman–Crippen LogP) is 5.01. The average molecular weight is 254 g/mol. The van der Waals surface area contributed by atoms with E-state index < -0.39 is 0 Å². The topological polar surface area (TPSA) is 9.23 Å². The number of ether oxygens (including phenoxy) is 1. The minimum atomic E-state index is 0.560. The fraction of sp³-hybridized carbons (Fsp3) is 0.333. The highest BCUT2D eigenvalue weighted by molar-refractivity contribution is 5.37. The van der Waals surface area contributed by atoms with E-state index in [-0.39, 0.29) is 0 Å². The Balaban J connectivity index is 2.07. The van der Waals surface area contributed by atoms with E-state index in [1.165, 1.54) is 22.3 Å². The Hall–Kier alpha value is -1.76. The first kappa shape index (κ1) is 13.7. The third-order valence-electron chi connectivity index (χ3n) is 3.34. The molecule has 100 valence electrons. The summed E-state index contributed by atoms with van der Waals surface area (Å²) in [6.07, 6.45) is 0. The van der Waals surface area contributed by atoms with Gasteiger partial charge in [0.1, 0.15) is 12.4 Å². The molecule has 0 aliphatic heterocycles. The zero-order valence-corrected chi connectivity index (χ0v) is 12.2. The third-order valence-corrected chi connectivity index (χ3v) is 3.34. The molecular formula is C18H22O. The summed E-state index contributed by atoms with van der Waals surface area (Å²) in [5.74, 6) is 1.54. The number of rotatable bonds is 4. The van der Waals surface area contributed by atoms with E-state index >= 15 is 0 Å². The second-order valence-corrected chi connectivity index (χ2v) is 5.46. The van der Waals surface area contributed by atoms with Crippen molar-refractivity contribution in [3.63, 3.8) is 0 Å². The van der Waals surface area contributed by atoms with Gasteiger partial charge in [-0.3, -0.25) is 0 Å². The molecule has 0 fully saturated rings. The molecule has 2 rings (SSSR count). The lowest BCUT2D eigenvalue weighted by Crippen LogP contribution is -1.98. The first-order valence-electron chi connectivity index (χ1n) is 6.85. The van der Waals surface area contributed by atoms with Gasteiger partial charge in [0.15, 0.2) is 0 Å². The number of aryl methyl sites for hydroxylation is 2. The summed E-state index contributed by atoms with van der Waals surface area (Å²) < 4.78 is 5.91. The van der Waals surface area contributed by atoms with Crippen LogP contribution in [0.4, 0.5) is 0 Å². The van der Waals surface area contributed by atoms with Crippen LogP contribution in [-0.2, 0) is 6.61 Å². The van der Waals surface area contributed by atoms with Gasteiger partial charge in [0.05, 0.1) is 0 Å². The Morgan fingerprint density at radius 3 is 2.42 bits per heavy atom. The van der Waals surface area contributed by atoms with Crippen molar-refractivity contribution in [2.24, 2.45) is 0 Å². The standard InChI is InChI=1S/C18H22O/c1-13(2)17-8-9-18(15(4)11-17)19-12-16-7-5-6-14(3)10-16/h5-11,13H,12H2,1-4H3. The summed E-state index contributed by atoms with van der Waals surface area (Å²) in [7, 11) is 0. The van der Waals surface area contributed by atoms with Gasteiger partial charge in [0.25, 0.3) is 0 Å². The number of hydrogen-bond donors (Lipinski definition) is 0. The van der Waals surface area contributed by atoms with E-state index in [1.54, 1.807) is 0 Å². The molecule has 0 amide bonds. The van der Waals surface area contributed by atoms with Crippen LogP contribution >= 0.6 is 0 Å². The lowest BCUT2D eigenvalue weighted by molar-refractivity contribution is 0.304. The molecule has 0 aliphatic carbocycles. The van der Waals surface area contributed by atoms with Crippen LogP contribution < -0.4 is 4.74 Å². The van der Waals surface area contributed by atoms with Gasteiger partial charge in [-0.1, -0.05) is 55.8 Å². The van der Waals surface area contributed by atoms with Crippen molar-refractivity contribution in [3.05, 3.63) is 64.7 Å². The molecule has 0 bridgehead atoms. The normalized spacial score (nSPS) is 10.8. The average Bonchev–Trinajstić information content (AvgIpc) is 2.37. The monoisotopic (exact) mass is 254 g/mol. The van der Waals surface area contributed by atoms with Gasteiger partial charge in [-0.2, -0.15) is 0 Å². The Morgan fingerprint density at radius 1 is 1.00 bits per heavy atom. The molecule has 2 aromatic carbocycles. The molecular weight excluding hydrogens is 232 g/mol. The summed E-state index contributed by atoms with van der Waals surface area (Å²) in [6.45, 7) is 9.26. The highest BCUT2D eigenvalue weighted by Gasteiger charge is 2.04. The zero-order valence-electron chi connectivity index (χ0n) is 12.2. The van der Waals surface area contributed by atoms with Crippen molar-refractivity contribution in [3.8, 4) is 5.75 Å². The van der Waals surface area contributed by atoms with Gasteiger partial charge >= 0.3 is 0 Å². The van der Waals surface area contributed by atoms with Crippen molar-refractivity contribution >= 4 is 0 Å². The predicted molar refractivity (Wildman–Crippen MR) is 80.8 cm³/mol. The number of hydrogen-bond acceptors (Lipinski definition) is 1. The van der Waals surface area contributed by atoms with Crippen LogP contribution in [0.25, 0.3) is 0 Å². The smallest absolute Gasteiger partial charge is 0.122 e. The van der Waals surface area contributed by atoms with E-state index in [2.05, 4.69) is 70.2 Å². The van der Waals surface area contributed by atoms with Crippen LogP contribution in [-0.4, -0.2) is 0 Å². The molecule has 1 heteroatoms. The quantitative estimate of drug-likeness (QED) is 0.745. The maximum Gasteiger partial charge on any atom is 0.122 e. The minimum Gasteiger partial charge on any atom is -0.489 e. The Bertz CT molecular complexity index is 555. The summed E-state index contributed by atoms with van der Waals surface area (Å²) in [5, 5.41) is 0. The highest BCUT2D eigenvalue weighted by Crippen LogP contribution is 2.24. The molecule has 0 saturated carbocycles. The largest absolute Gasteiger partial charge is 0.489 e. The van der Waals surface area contributed by atoms with Crippen molar-refractivity contribution in [2.75, 3.05) is 0 Å². The molecule has 0 unspecified atom stereocenters. The van der Waals surface area contributed by atoms with Crippen LogP contribution in [0.15, 0.2) is 42.5 Å². The van der Waals surface area contributed by atoms with Crippen LogP contribution in [0.2, 0.25) is 0 Å². The molecule has 19 heavy (non-hydrogen) atoms. The third kappa shape index (κ3) is 3.60. The van der Waals surface area contributed by atoms with E-state index in [0.717, 1.165) is 5.75 Å². The summed E-state index contributed by atoms with van der Waals surface area (Å²) in [6, 6.07) is 14.9. The highest BCUT2D eigenvalue weighted by atomic mass is 16.5. The molecule has 0 aliphatic rings. The van der Waals surface area contributed by atoms with Crippen LogP contribution in [0.3, 0.4) is 0 Å². The summed E-state index contributed by atoms with van der Waals surface area (Å²) in [5.41, 5.74) is 5.06. The van der Waals surface area contributed by atoms with E-state index in [4.69, 9.17) is 4.74 Å². The number of benzene rings is 2. The van der Waals surface area contributed by atoms with Crippen molar-refractivity contribution in [1.29, 1.82) is 0 Å². The van der Waals surface area contributed by atoms with Gasteiger partial charge < -0.3 is 4.74 Å². The molecule has 0 atom stereocenters. The lowest BCUT2D eigenvalue weighted by atomic mass is 10.0. The molecule has 0 aromatic heterocycles. The van der Waals surface area contributed by atoms with Gasteiger partial charge in [0.2, 0.25) is 0 Å². The van der Waals surface area contributed by atoms with Crippen molar-refractivity contribution in [1.82, 2.24) is 0 Å². The van der Waals surface area contributed by atoms with Gasteiger partial charge in [0, 0.05) is 0 Å². The zero-order chi connectivity index (χ0) is 13.8. The van der Waals surface area contributed by atoms with Gasteiger partial charge in [-0.05, 0) is 42.5 Å². The molecule has 0 radical (unpaired) electrons. The van der Waals surface area contributed by atoms with Crippen LogP contribution in [0.5, 0.6) is 5.75 Å². The first-order valence-corrected chi connectivity index (χ1v) is 6.85. The molecule has 2 aromatic rings. The maximum absolute atomic E-state index is 5.91. The fourth-order valence-corrected chi connectivity index (χ4v) is 2.16. The summed E-state index contributed by atoms with van der Waals surface area (Å²) >= 11 is 0. The minimum absolute atomic E-state index is 0.560. The van der Waals surface area contributed by atoms with Crippen LogP contribution in [0.1, 0.15) is 42.0 Å². The van der Waals surface area contributed by atoms with Crippen LogP contribution in [0, 0.1) is 13.8 Å². The second kappa shape index (κ2) is 5.92. The van der Waals surface area contributed by atoms with Crippen molar-refractivity contribution in [2.45, 2.75) is 40.2 Å². The molecule has 0 heterocycles. The Morgan fingerprint density at radius 2 is 1.79 bits per heavy atom. The lowest BCUT2D eigenvalue weighted by Gasteiger charge is -2.12. The molecule has 0 saturated heterocycles. The van der Waals surface area contributed by atoms with Gasteiger partial charge in [-0.15, -0.1) is 0 Å². The molecule has 0 N–H and O–H groups in total. The summed E-state index contributed by atoms with van der Waals surface area (Å²) in [4.78, 5) is 0. The first-order chi connectivity index (χ1) is 9.06. The SMILES string of the molecule is Cc1cccc(COc2ccc(C(C)C)cc2C)c1. The Kier molecular flexibility index (Phi) is 4.26. The van der Waals surface area contributed by atoms with Gasteiger partial charge in [-0.25, -0.2) is 0 Å².